The number of hydrogen-bond acceptors (Lipinski definition) is 2. The number of carbonyl (C=O) groups excluding carboxylic acids is 1. The Morgan fingerprint density at radius 3 is 2.27 bits per heavy atom. The molecule has 122 valence electrons. The fourth-order valence-electron chi connectivity index (χ4n) is 3.55. The first kappa shape index (κ1) is 16.6. The van der Waals surface area contributed by atoms with Crippen LogP contribution in [0, 0.1) is 19.8 Å². The Bertz CT molecular complexity index is 567. The third kappa shape index (κ3) is 3.34. The SMILES string of the molecule is Cc1cc(C(=O)NC2CCC(C(=O)O)CC2)c(C)n1C(C)C. The Hall–Kier alpha value is -1.78. The molecular formula is C17H26N2O3. The highest BCUT2D eigenvalue weighted by Crippen LogP contribution is 2.25. The van der Waals surface area contributed by atoms with Gasteiger partial charge in [0.25, 0.3) is 5.91 Å². The van der Waals surface area contributed by atoms with Gasteiger partial charge in [0, 0.05) is 23.5 Å². The maximum absolute atomic E-state index is 12.5. The minimum atomic E-state index is -0.717. The van der Waals surface area contributed by atoms with Gasteiger partial charge in [0.15, 0.2) is 0 Å². The largest absolute Gasteiger partial charge is 0.481 e. The third-order valence-corrected chi connectivity index (χ3v) is 4.66. The molecule has 0 unspecified atom stereocenters. The van der Waals surface area contributed by atoms with E-state index in [2.05, 4.69) is 23.7 Å². The van der Waals surface area contributed by atoms with Gasteiger partial charge in [-0.3, -0.25) is 9.59 Å². The number of carbonyl (C=O) groups is 2. The molecule has 1 heterocycles. The number of rotatable bonds is 4. The van der Waals surface area contributed by atoms with Crippen LogP contribution >= 0.6 is 0 Å². The minimum Gasteiger partial charge on any atom is -0.481 e. The lowest BCUT2D eigenvalue weighted by atomic mass is 9.86. The molecule has 0 saturated heterocycles. The van der Waals surface area contributed by atoms with E-state index in [1.165, 1.54) is 0 Å². The van der Waals surface area contributed by atoms with Crippen LogP contribution in [0.4, 0.5) is 0 Å². The molecule has 0 aliphatic heterocycles. The van der Waals surface area contributed by atoms with Crippen LogP contribution in [0.2, 0.25) is 0 Å². The van der Waals surface area contributed by atoms with E-state index in [-0.39, 0.29) is 17.9 Å². The van der Waals surface area contributed by atoms with Crippen molar-refractivity contribution in [3.63, 3.8) is 0 Å². The van der Waals surface area contributed by atoms with Gasteiger partial charge in [-0.1, -0.05) is 0 Å². The van der Waals surface area contributed by atoms with Crippen molar-refractivity contribution >= 4 is 11.9 Å². The van der Waals surface area contributed by atoms with Crippen LogP contribution in [0.3, 0.4) is 0 Å². The second-order valence-electron chi connectivity index (χ2n) is 6.61. The molecule has 5 heteroatoms. The summed E-state index contributed by atoms with van der Waals surface area (Å²) in [6, 6.07) is 2.35. The Morgan fingerprint density at radius 1 is 1.23 bits per heavy atom. The average molecular weight is 306 g/mol. The standard InChI is InChI=1S/C17H26N2O3/c1-10(2)19-11(3)9-15(12(19)4)16(20)18-14-7-5-13(6-8-14)17(21)22/h9-10,13-14H,5-8H2,1-4H3,(H,18,20)(H,21,22). The molecule has 1 fully saturated rings. The monoisotopic (exact) mass is 306 g/mol. The number of aliphatic carboxylic acids is 1. The van der Waals surface area contributed by atoms with Crippen LogP contribution in [0.5, 0.6) is 0 Å². The van der Waals surface area contributed by atoms with Crippen molar-refractivity contribution in [2.45, 2.75) is 65.5 Å². The van der Waals surface area contributed by atoms with Crippen molar-refractivity contribution in [3.8, 4) is 0 Å². The number of aromatic nitrogens is 1. The van der Waals surface area contributed by atoms with Crippen LogP contribution in [0.1, 0.15) is 67.3 Å². The molecule has 0 atom stereocenters. The molecule has 5 nitrogen and oxygen atoms in total. The second kappa shape index (κ2) is 6.55. The molecule has 0 bridgehead atoms. The topological polar surface area (TPSA) is 71.3 Å². The van der Waals surface area contributed by atoms with Gasteiger partial charge in [0.1, 0.15) is 0 Å². The Labute approximate surface area is 131 Å². The van der Waals surface area contributed by atoms with E-state index in [4.69, 9.17) is 5.11 Å². The van der Waals surface area contributed by atoms with Crippen LogP contribution in [-0.4, -0.2) is 27.6 Å². The number of carboxylic acids is 1. The summed E-state index contributed by atoms with van der Waals surface area (Å²) in [5, 5.41) is 12.1. The molecule has 0 radical (unpaired) electrons. The number of hydrogen-bond donors (Lipinski definition) is 2. The van der Waals surface area contributed by atoms with Crippen LogP contribution < -0.4 is 5.32 Å². The quantitative estimate of drug-likeness (QED) is 0.898. The van der Waals surface area contributed by atoms with E-state index >= 15 is 0 Å². The van der Waals surface area contributed by atoms with E-state index in [9.17, 15) is 9.59 Å². The molecule has 1 aromatic heterocycles. The van der Waals surface area contributed by atoms with Crippen LogP contribution in [-0.2, 0) is 4.79 Å². The molecule has 0 aromatic carbocycles. The summed E-state index contributed by atoms with van der Waals surface area (Å²) in [5.41, 5.74) is 2.81. The van der Waals surface area contributed by atoms with Gasteiger partial charge in [0.05, 0.1) is 11.5 Å². The van der Waals surface area contributed by atoms with E-state index in [1.807, 2.05) is 19.9 Å². The summed E-state index contributed by atoms with van der Waals surface area (Å²) < 4.78 is 2.16. The molecule has 1 aromatic rings. The molecule has 1 saturated carbocycles. The maximum atomic E-state index is 12.5. The predicted octanol–water partition coefficient (Wildman–Crippen LogP) is 3.06. The maximum Gasteiger partial charge on any atom is 0.306 e. The highest BCUT2D eigenvalue weighted by molar-refractivity contribution is 5.96. The summed E-state index contributed by atoms with van der Waals surface area (Å²) in [6.07, 6.45) is 2.77. The molecule has 2 N–H and O–H groups in total. The van der Waals surface area contributed by atoms with Crippen molar-refractivity contribution in [2.24, 2.45) is 5.92 Å². The Balaban J connectivity index is 2.02. The van der Waals surface area contributed by atoms with Gasteiger partial charge < -0.3 is 15.0 Å². The summed E-state index contributed by atoms with van der Waals surface area (Å²) in [5.74, 6) is -1.01. The fraction of sp³-hybridized carbons (Fsp3) is 0.647. The number of aryl methyl sites for hydroxylation is 1. The normalized spacial score (nSPS) is 21.9. The van der Waals surface area contributed by atoms with E-state index in [1.54, 1.807) is 0 Å². The van der Waals surface area contributed by atoms with Crippen LogP contribution in [0.15, 0.2) is 6.07 Å². The van der Waals surface area contributed by atoms with Gasteiger partial charge in [-0.05, 0) is 59.4 Å². The fourth-order valence-corrected chi connectivity index (χ4v) is 3.55. The van der Waals surface area contributed by atoms with Gasteiger partial charge in [-0.2, -0.15) is 0 Å². The van der Waals surface area contributed by atoms with E-state index in [0.717, 1.165) is 29.8 Å². The van der Waals surface area contributed by atoms with Gasteiger partial charge in [-0.25, -0.2) is 0 Å². The summed E-state index contributed by atoms with van der Waals surface area (Å²) in [4.78, 5) is 23.5. The zero-order valence-corrected chi connectivity index (χ0v) is 13.8. The lowest BCUT2D eigenvalue weighted by molar-refractivity contribution is -0.142. The first-order chi connectivity index (χ1) is 10.3. The first-order valence-corrected chi connectivity index (χ1v) is 8.03. The number of carboxylic acid groups (broad SMARTS) is 1. The van der Waals surface area contributed by atoms with Gasteiger partial charge >= 0.3 is 5.97 Å². The first-order valence-electron chi connectivity index (χ1n) is 8.03. The molecule has 0 spiro atoms. The van der Waals surface area contributed by atoms with E-state index < -0.39 is 5.97 Å². The summed E-state index contributed by atoms with van der Waals surface area (Å²) in [7, 11) is 0. The minimum absolute atomic E-state index is 0.0428. The highest BCUT2D eigenvalue weighted by atomic mass is 16.4. The third-order valence-electron chi connectivity index (χ3n) is 4.66. The van der Waals surface area contributed by atoms with Gasteiger partial charge in [0.2, 0.25) is 0 Å². The molecule has 1 aliphatic rings. The molecule has 1 amide bonds. The van der Waals surface area contributed by atoms with Crippen molar-refractivity contribution < 1.29 is 14.7 Å². The Morgan fingerprint density at radius 2 is 1.82 bits per heavy atom. The highest BCUT2D eigenvalue weighted by Gasteiger charge is 2.27. The second-order valence-corrected chi connectivity index (χ2v) is 6.61. The summed E-state index contributed by atoms with van der Waals surface area (Å²) in [6.45, 7) is 8.20. The van der Waals surface area contributed by atoms with Crippen molar-refractivity contribution in [3.05, 3.63) is 23.0 Å². The van der Waals surface area contributed by atoms with E-state index in [0.29, 0.717) is 18.9 Å². The van der Waals surface area contributed by atoms with Crippen LogP contribution in [0.25, 0.3) is 0 Å². The lowest BCUT2D eigenvalue weighted by Crippen LogP contribution is -2.38. The molecule has 22 heavy (non-hydrogen) atoms. The molecule has 2 rings (SSSR count). The van der Waals surface area contributed by atoms with Crippen molar-refractivity contribution in [1.29, 1.82) is 0 Å². The number of amides is 1. The summed E-state index contributed by atoms with van der Waals surface area (Å²) >= 11 is 0. The zero-order chi connectivity index (χ0) is 16.4. The molecular weight excluding hydrogens is 280 g/mol. The Kier molecular flexibility index (Phi) is 4.94. The lowest BCUT2D eigenvalue weighted by Gasteiger charge is -2.26. The van der Waals surface area contributed by atoms with Gasteiger partial charge in [-0.15, -0.1) is 0 Å². The number of nitrogens with zero attached hydrogens (tertiary/aromatic N) is 1. The van der Waals surface area contributed by atoms with Crippen molar-refractivity contribution in [1.82, 2.24) is 9.88 Å². The number of nitrogens with one attached hydrogen (secondary N) is 1. The zero-order valence-electron chi connectivity index (χ0n) is 13.8. The smallest absolute Gasteiger partial charge is 0.306 e. The average Bonchev–Trinajstić information content (AvgIpc) is 2.74. The molecule has 1 aliphatic carbocycles. The predicted molar refractivity (Wildman–Crippen MR) is 85.1 cm³/mol. The van der Waals surface area contributed by atoms with Crippen molar-refractivity contribution in [2.75, 3.05) is 0 Å².